The molecule has 82 valence electrons. The Morgan fingerprint density at radius 1 is 1.20 bits per heavy atom. The molecule has 0 bridgehead atoms. The molecule has 1 aromatic carbocycles. The van der Waals surface area contributed by atoms with Crippen LogP contribution in [0.25, 0.3) is 5.70 Å². The Balaban J connectivity index is 3.09. The molecule has 0 saturated carbocycles. The van der Waals surface area contributed by atoms with Crippen LogP contribution in [-0.2, 0) is 0 Å². The molecule has 0 aliphatic rings. The minimum Gasteiger partial charge on any atom is -0.400 e. The Morgan fingerprint density at radius 2 is 1.80 bits per heavy atom. The van der Waals surface area contributed by atoms with E-state index in [1.807, 2.05) is 32.3 Å². The van der Waals surface area contributed by atoms with Crippen LogP contribution in [0.1, 0.15) is 25.3 Å². The van der Waals surface area contributed by atoms with Gasteiger partial charge >= 0.3 is 0 Å². The zero-order valence-corrected chi connectivity index (χ0v) is 9.83. The summed E-state index contributed by atoms with van der Waals surface area (Å²) in [5.74, 6) is 0. The fourth-order valence-corrected chi connectivity index (χ4v) is 1.71. The monoisotopic (exact) mass is 204 g/mol. The van der Waals surface area contributed by atoms with E-state index >= 15 is 0 Å². The number of benzene rings is 1. The second-order valence-corrected chi connectivity index (χ2v) is 3.88. The van der Waals surface area contributed by atoms with Crippen LogP contribution in [0.4, 0.5) is 0 Å². The third kappa shape index (κ3) is 3.01. The summed E-state index contributed by atoms with van der Waals surface area (Å²) >= 11 is 0. The third-order valence-electron chi connectivity index (χ3n) is 2.32. The van der Waals surface area contributed by atoms with Gasteiger partial charge in [-0.25, -0.2) is 0 Å². The summed E-state index contributed by atoms with van der Waals surface area (Å²) in [6.45, 7) is 2.14. The van der Waals surface area contributed by atoms with Crippen LogP contribution in [0.15, 0.2) is 36.0 Å². The van der Waals surface area contributed by atoms with Crippen molar-refractivity contribution in [2.24, 2.45) is 5.73 Å². The van der Waals surface area contributed by atoms with Gasteiger partial charge in [-0.05, 0) is 12.0 Å². The van der Waals surface area contributed by atoms with Gasteiger partial charge in [0.2, 0.25) is 0 Å². The third-order valence-corrected chi connectivity index (χ3v) is 2.32. The maximum Gasteiger partial charge on any atom is 0.0625 e. The molecule has 0 heterocycles. The molecule has 2 N–H and O–H groups in total. The van der Waals surface area contributed by atoms with Gasteiger partial charge in [-0.15, -0.1) is 0 Å². The Bertz CT molecular complexity index is 326. The van der Waals surface area contributed by atoms with E-state index in [9.17, 15) is 0 Å². The van der Waals surface area contributed by atoms with Crippen molar-refractivity contribution in [3.05, 3.63) is 41.6 Å². The highest BCUT2D eigenvalue weighted by atomic mass is 15.1. The van der Waals surface area contributed by atoms with Crippen molar-refractivity contribution in [1.82, 2.24) is 4.90 Å². The average Bonchev–Trinajstić information content (AvgIpc) is 2.19. The number of rotatable bonds is 4. The first kappa shape index (κ1) is 11.6. The van der Waals surface area contributed by atoms with Crippen LogP contribution < -0.4 is 5.73 Å². The Labute approximate surface area is 92.4 Å². The zero-order chi connectivity index (χ0) is 11.3. The molecule has 0 aliphatic carbocycles. The highest BCUT2D eigenvalue weighted by Gasteiger charge is 2.07. The number of nitrogens with zero attached hydrogens (tertiary/aromatic N) is 1. The maximum atomic E-state index is 6.10. The normalized spacial score (nSPS) is 12.2. The Hall–Kier alpha value is -1.44. The van der Waals surface area contributed by atoms with Gasteiger partial charge in [-0.1, -0.05) is 43.7 Å². The summed E-state index contributed by atoms with van der Waals surface area (Å²) in [5, 5.41) is 0. The van der Waals surface area contributed by atoms with E-state index in [1.54, 1.807) is 0 Å². The summed E-state index contributed by atoms with van der Waals surface area (Å²) in [6.07, 6.45) is 2.03. The standard InChI is InChI=1S/C13H20N2/c1-4-8-12(14)13(15(2)3)11-9-6-5-7-10-11/h5-7,9-10H,4,8,14H2,1-3H3. The number of nitrogens with two attached hydrogens (primary N) is 1. The van der Waals surface area contributed by atoms with Crippen molar-refractivity contribution < 1.29 is 0 Å². The molecule has 1 rings (SSSR count). The maximum absolute atomic E-state index is 6.10. The molecule has 0 amide bonds. The second kappa shape index (κ2) is 5.44. The van der Waals surface area contributed by atoms with Gasteiger partial charge in [0, 0.05) is 19.8 Å². The van der Waals surface area contributed by atoms with Crippen molar-refractivity contribution >= 4 is 5.70 Å². The van der Waals surface area contributed by atoms with Gasteiger partial charge in [0.15, 0.2) is 0 Å². The van der Waals surface area contributed by atoms with Crippen LogP contribution in [-0.4, -0.2) is 19.0 Å². The first-order valence-electron chi connectivity index (χ1n) is 5.38. The molecule has 0 atom stereocenters. The second-order valence-electron chi connectivity index (χ2n) is 3.88. The Kier molecular flexibility index (Phi) is 4.22. The topological polar surface area (TPSA) is 29.3 Å². The predicted octanol–water partition coefficient (Wildman–Crippen LogP) is 2.68. The lowest BCUT2D eigenvalue weighted by Gasteiger charge is -2.20. The van der Waals surface area contributed by atoms with E-state index in [2.05, 4.69) is 24.0 Å². The molecule has 15 heavy (non-hydrogen) atoms. The van der Waals surface area contributed by atoms with Gasteiger partial charge in [-0.3, -0.25) is 0 Å². The van der Waals surface area contributed by atoms with Gasteiger partial charge in [0.25, 0.3) is 0 Å². The lowest BCUT2D eigenvalue weighted by atomic mass is 10.1. The summed E-state index contributed by atoms with van der Waals surface area (Å²) in [6, 6.07) is 10.3. The van der Waals surface area contributed by atoms with Crippen molar-refractivity contribution in [3.8, 4) is 0 Å². The smallest absolute Gasteiger partial charge is 0.0625 e. The molecular weight excluding hydrogens is 184 g/mol. The van der Waals surface area contributed by atoms with E-state index < -0.39 is 0 Å². The van der Waals surface area contributed by atoms with Crippen LogP contribution in [0, 0.1) is 0 Å². The SMILES string of the molecule is CCCC(N)=C(c1ccccc1)N(C)C. The van der Waals surface area contributed by atoms with Gasteiger partial charge in [0.05, 0.1) is 5.70 Å². The van der Waals surface area contributed by atoms with Crippen molar-refractivity contribution in [3.63, 3.8) is 0 Å². The first-order valence-corrected chi connectivity index (χ1v) is 5.38. The van der Waals surface area contributed by atoms with E-state index in [1.165, 1.54) is 5.56 Å². The van der Waals surface area contributed by atoms with E-state index in [4.69, 9.17) is 5.73 Å². The highest BCUT2D eigenvalue weighted by molar-refractivity contribution is 5.66. The predicted molar refractivity (Wildman–Crippen MR) is 66.1 cm³/mol. The summed E-state index contributed by atoms with van der Waals surface area (Å²) in [7, 11) is 4.07. The molecule has 0 saturated heterocycles. The molecule has 0 fully saturated rings. The van der Waals surface area contributed by atoms with Crippen LogP contribution in [0.5, 0.6) is 0 Å². The van der Waals surface area contributed by atoms with E-state index in [0.717, 1.165) is 24.2 Å². The summed E-state index contributed by atoms with van der Waals surface area (Å²) < 4.78 is 0. The fourth-order valence-electron chi connectivity index (χ4n) is 1.71. The lowest BCUT2D eigenvalue weighted by Crippen LogP contribution is -2.16. The van der Waals surface area contributed by atoms with Gasteiger partial charge in [-0.2, -0.15) is 0 Å². The lowest BCUT2D eigenvalue weighted by molar-refractivity contribution is 0.582. The van der Waals surface area contributed by atoms with Crippen LogP contribution in [0.3, 0.4) is 0 Å². The number of allylic oxidation sites excluding steroid dienone is 1. The molecule has 2 nitrogen and oxygen atoms in total. The van der Waals surface area contributed by atoms with Crippen LogP contribution >= 0.6 is 0 Å². The minimum absolute atomic E-state index is 0.947. The molecular formula is C13H20N2. The summed E-state index contributed by atoms with van der Waals surface area (Å²) in [4.78, 5) is 2.08. The quantitative estimate of drug-likeness (QED) is 0.817. The zero-order valence-electron chi connectivity index (χ0n) is 9.83. The number of hydrogen-bond acceptors (Lipinski definition) is 2. The van der Waals surface area contributed by atoms with E-state index in [-0.39, 0.29) is 0 Å². The molecule has 0 aliphatic heterocycles. The Morgan fingerprint density at radius 3 is 2.27 bits per heavy atom. The molecule has 0 aromatic heterocycles. The van der Waals surface area contributed by atoms with E-state index in [0.29, 0.717) is 0 Å². The number of hydrogen-bond donors (Lipinski definition) is 1. The molecule has 0 spiro atoms. The minimum atomic E-state index is 0.947. The largest absolute Gasteiger partial charge is 0.400 e. The highest BCUT2D eigenvalue weighted by Crippen LogP contribution is 2.20. The molecule has 1 aromatic rings. The first-order chi connectivity index (χ1) is 7.16. The van der Waals surface area contributed by atoms with Gasteiger partial charge < -0.3 is 10.6 Å². The van der Waals surface area contributed by atoms with Crippen LogP contribution in [0.2, 0.25) is 0 Å². The average molecular weight is 204 g/mol. The molecule has 2 heteroatoms. The molecule has 0 radical (unpaired) electrons. The molecule has 0 unspecified atom stereocenters. The van der Waals surface area contributed by atoms with Crippen molar-refractivity contribution in [2.75, 3.05) is 14.1 Å². The fraction of sp³-hybridized carbons (Fsp3) is 0.385. The summed E-state index contributed by atoms with van der Waals surface area (Å²) in [5.41, 5.74) is 9.39. The van der Waals surface area contributed by atoms with Crippen molar-refractivity contribution in [1.29, 1.82) is 0 Å². The van der Waals surface area contributed by atoms with Crippen molar-refractivity contribution in [2.45, 2.75) is 19.8 Å². The van der Waals surface area contributed by atoms with Gasteiger partial charge in [0.1, 0.15) is 0 Å².